The lowest BCUT2D eigenvalue weighted by molar-refractivity contribution is 0.127. The van der Waals surface area contributed by atoms with Gasteiger partial charge in [-0.05, 0) is 36.4 Å². The van der Waals surface area contributed by atoms with Crippen LogP contribution in [0.15, 0.2) is 46.2 Å². The van der Waals surface area contributed by atoms with Gasteiger partial charge in [-0.1, -0.05) is 37.0 Å². The standard InChI is InChI=1S/C21H25Cl3O5S/c1-14(10-22)12-29-21-19(23)8-18(9-20(21)24)30(25,26)17-6-4-16(5-7-17)28-13-15(2)11-27-3/h4-9,14-15H,10-13H2,1-3H3/t14-,15-/m0/s1. The first-order chi connectivity index (χ1) is 14.2. The van der Waals surface area contributed by atoms with Crippen LogP contribution in [0.1, 0.15) is 13.8 Å². The van der Waals surface area contributed by atoms with Crippen LogP contribution in [0.3, 0.4) is 0 Å². The van der Waals surface area contributed by atoms with Crippen LogP contribution < -0.4 is 9.47 Å². The summed E-state index contributed by atoms with van der Waals surface area (Å²) in [4.78, 5) is 0.0916. The van der Waals surface area contributed by atoms with Gasteiger partial charge in [0.1, 0.15) is 5.75 Å². The predicted molar refractivity (Wildman–Crippen MR) is 120 cm³/mol. The number of sulfone groups is 1. The molecule has 2 atom stereocenters. The predicted octanol–water partition coefficient (Wildman–Crippen LogP) is 5.74. The maximum absolute atomic E-state index is 13.0. The summed E-state index contributed by atoms with van der Waals surface area (Å²) >= 11 is 18.3. The van der Waals surface area contributed by atoms with Crippen LogP contribution in [0.2, 0.25) is 10.0 Å². The lowest BCUT2D eigenvalue weighted by Crippen LogP contribution is -2.13. The molecule has 0 bridgehead atoms. The van der Waals surface area contributed by atoms with E-state index < -0.39 is 9.84 Å². The van der Waals surface area contributed by atoms with Gasteiger partial charge in [0.05, 0.1) is 39.7 Å². The monoisotopic (exact) mass is 494 g/mol. The van der Waals surface area contributed by atoms with Crippen molar-refractivity contribution in [1.29, 1.82) is 0 Å². The van der Waals surface area contributed by atoms with Gasteiger partial charge in [0.15, 0.2) is 5.75 Å². The molecule has 2 aromatic rings. The highest BCUT2D eigenvalue weighted by molar-refractivity contribution is 7.91. The first-order valence-corrected chi connectivity index (χ1v) is 12.1. The van der Waals surface area contributed by atoms with Gasteiger partial charge in [-0.15, -0.1) is 11.6 Å². The maximum atomic E-state index is 13.0. The molecular formula is C21H25Cl3O5S. The Morgan fingerprint density at radius 2 is 1.43 bits per heavy atom. The van der Waals surface area contributed by atoms with E-state index in [1.807, 2.05) is 13.8 Å². The number of alkyl halides is 1. The van der Waals surface area contributed by atoms with E-state index in [1.165, 1.54) is 24.3 Å². The molecule has 0 saturated heterocycles. The van der Waals surface area contributed by atoms with Gasteiger partial charge in [-0.2, -0.15) is 0 Å². The van der Waals surface area contributed by atoms with Gasteiger partial charge in [-0.25, -0.2) is 8.42 Å². The fraction of sp³-hybridized carbons (Fsp3) is 0.429. The number of ether oxygens (including phenoxy) is 3. The van der Waals surface area contributed by atoms with Gasteiger partial charge in [0.25, 0.3) is 0 Å². The van der Waals surface area contributed by atoms with E-state index >= 15 is 0 Å². The third-order valence-electron chi connectivity index (χ3n) is 4.18. The van der Waals surface area contributed by atoms with Gasteiger partial charge in [-0.3, -0.25) is 0 Å². The van der Waals surface area contributed by atoms with Crippen molar-refractivity contribution in [3.05, 3.63) is 46.4 Å². The van der Waals surface area contributed by atoms with Gasteiger partial charge in [0, 0.05) is 24.8 Å². The van der Waals surface area contributed by atoms with Crippen LogP contribution in [-0.2, 0) is 14.6 Å². The van der Waals surface area contributed by atoms with E-state index in [0.717, 1.165) is 0 Å². The summed E-state index contributed by atoms with van der Waals surface area (Å²) in [5, 5.41) is 0.241. The molecule has 9 heteroatoms. The smallest absolute Gasteiger partial charge is 0.206 e. The van der Waals surface area contributed by atoms with Crippen LogP contribution in [0, 0.1) is 11.8 Å². The minimum Gasteiger partial charge on any atom is -0.493 e. The van der Waals surface area contributed by atoms with E-state index in [0.29, 0.717) is 31.5 Å². The maximum Gasteiger partial charge on any atom is 0.206 e. The zero-order valence-electron chi connectivity index (χ0n) is 17.0. The SMILES string of the molecule is COC[C@H](C)COc1ccc(S(=O)(=O)c2cc(Cl)c(OC[C@@H](C)CCl)c(Cl)c2)cc1. The third kappa shape index (κ3) is 6.66. The fourth-order valence-electron chi connectivity index (χ4n) is 2.52. The molecule has 0 N–H and O–H groups in total. The van der Waals surface area contributed by atoms with Crippen molar-refractivity contribution >= 4 is 44.6 Å². The van der Waals surface area contributed by atoms with Gasteiger partial charge in [0.2, 0.25) is 9.84 Å². The Kier molecular flexibility index (Phi) is 9.57. The van der Waals surface area contributed by atoms with E-state index in [1.54, 1.807) is 19.2 Å². The lowest BCUT2D eigenvalue weighted by Gasteiger charge is -2.15. The van der Waals surface area contributed by atoms with Crippen molar-refractivity contribution < 1.29 is 22.6 Å². The largest absolute Gasteiger partial charge is 0.493 e. The lowest BCUT2D eigenvalue weighted by atomic mass is 10.2. The molecule has 166 valence electrons. The van der Waals surface area contributed by atoms with Crippen LogP contribution in [0.5, 0.6) is 11.5 Å². The van der Waals surface area contributed by atoms with Crippen molar-refractivity contribution in [3.63, 3.8) is 0 Å². The average molecular weight is 496 g/mol. The Morgan fingerprint density at radius 3 is 1.97 bits per heavy atom. The Morgan fingerprint density at radius 1 is 0.867 bits per heavy atom. The second-order valence-corrected chi connectivity index (χ2v) is 10.2. The summed E-state index contributed by atoms with van der Waals surface area (Å²) in [7, 11) is -2.18. The molecule has 0 radical (unpaired) electrons. The van der Waals surface area contributed by atoms with Gasteiger partial charge >= 0.3 is 0 Å². The topological polar surface area (TPSA) is 61.8 Å². The highest BCUT2D eigenvalue weighted by Gasteiger charge is 2.22. The molecule has 2 aromatic carbocycles. The van der Waals surface area contributed by atoms with Crippen LogP contribution in [0.4, 0.5) is 0 Å². The Balaban J connectivity index is 2.18. The molecule has 0 saturated carbocycles. The number of rotatable bonds is 11. The van der Waals surface area contributed by atoms with Crippen molar-refractivity contribution in [2.45, 2.75) is 23.6 Å². The first-order valence-electron chi connectivity index (χ1n) is 9.33. The molecule has 0 fully saturated rings. The second-order valence-electron chi connectivity index (χ2n) is 7.13. The summed E-state index contributed by atoms with van der Waals surface area (Å²) in [5.74, 6) is 1.55. The van der Waals surface area contributed by atoms with Gasteiger partial charge < -0.3 is 14.2 Å². The number of hydrogen-bond acceptors (Lipinski definition) is 5. The van der Waals surface area contributed by atoms with Crippen LogP contribution in [0.25, 0.3) is 0 Å². The number of benzene rings is 2. The van der Waals surface area contributed by atoms with Crippen LogP contribution >= 0.6 is 34.8 Å². The van der Waals surface area contributed by atoms with E-state index in [4.69, 9.17) is 49.0 Å². The van der Waals surface area contributed by atoms with Crippen LogP contribution in [-0.4, -0.2) is 41.2 Å². The number of halogens is 3. The van der Waals surface area contributed by atoms with Crippen molar-refractivity contribution in [1.82, 2.24) is 0 Å². The summed E-state index contributed by atoms with van der Waals surface area (Å²) in [6.45, 7) is 5.28. The quantitative estimate of drug-likeness (QED) is 0.372. The molecule has 0 aliphatic carbocycles. The third-order valence-corrected chi connectivity index (χ3v) is 7.01. The zero-order valence-corrected chi connectivity index (χ0v) is 20.1. The summed E-state index contributed by atoms with van der Waals surface area (Å²) in [6, 6.07) is 8.86. The van der Waals surface area contributed by atoms with E-state index in [-0.39, 0.29) is 37.4 Å². The zero-order chi connectivity index (χ0) is 22.3. The molecule has 0 heterocycles. The van der Waals surface area contributed by atoms with Crippen molar-refractivity contribution in [3.8, 4) is 11.5 Å². The molecule has 0 aromatic heterocycles. The summed E-state index contributed by atoms with van der Waals surface area (Å²) < 4.78 is 42.3. The van der Waals surface area contributed by atoms with E-state index in [2.05, 4.69) is 0 Å². The summed E-state index contributed by atoms with van der Waals surface area (Å²) in [6.07, 6.45) is 0. The highest BCUT2D eigenvalue weighted by atomic mass is 35.5. The Labute approximate surface area is 193 Å². The van der Waals surface area contributed by atoms with E-state index in [9.17, 15) is 8.42 Å². The molecule has 0 aliphatic rings. The minimum atomic E-state index is -3.81. The molecular weight excluding hydrogens is 471 g/mol. The summed E-state index contributed by atoms with van der Waals surface area (Å²) in [5.41, 5.74) is 0. The van der Waals surface area contributed by atoms with Crippen molar-refractivity contribution in [2.24, 2.45) is 11.8 Å². The molecule has 0 aliphatic heterocycles. The first kappa shape index (κ1) is 25.1. The number of methoxy groups -OCH3 is 1. The molecule has 2 rings (SSSR count). The second kappa shape index (κ2) is 11.4. The minimum absolute atomic E-state index is 0.0161. The molecule has 30 heavy (non-hydrogen) atoms. The Hall–Kier alpha value is -1.18. The average Bonchev–Trinajstić information content (AvgIpc) is 2.71. The van der Waals surface area contributed by atoms with Crippen molar-refractivity contribution in [2.75, 3.05) is 32.8 Å². The molecule has 0 unspecified atom stereocenters. The fourth-order valence-corrected chi connectivity index (χ4v) is 4.65. The normalized spacial score (nSPS) is 13.7. The molecule has 0 spiro atoms. The Bertz CT molecular complexity index is 909. The molecule has 0 amide bonds. The molecule has 5 nitrogen and oxygen atoms in total. The highest BCUT2D eigenvalue weighted by Crippen LogP contribution is 2.37. The number of hydrogen-bond donors (Lipinski definition) is 0.